The van der Waals surface area contributed by atoms with Crippen LogP contribution in [-0.2, 0) is 10.5 Å². The lowest BCUT2D eigenvalue weighted by Gasteiger charge is -2.34. The Labute approximate surface area is 130 Å². The Bertz CT molecular complexity index is 801. The molecule has 1 aromatic heterocycles. The molecule has 23 heavy (non-hydrogen) atoms. The molecule has 0 saturated carbocycles. The van der Waals surface area contributed by atoms with E-state index in [1.54, 1.807) is 30.3 Å². The van der Waals surface area contributed by atoms with E-state index in [0.717, 1.165) is 10.6 Å². The molecule has 1 saturated heterocycles. The number of H-pyrrole nitrogens is 1. The number of aliphatic hydroxyl groups is 3. The number of aromatic amines is 1. The van der Waals surface area contributed by atoms with Gasteiger partial charge in [-0.2, -0.15) is 0 Å². The minimum absolute atomic E-state index is 0.400. The number of ether oxygens (including phenoxy) is 1. The molecule has 0 radical (unpaired) electrons. The summed E-state index contributed by atoms with van der Waals surface area (Å²) < 4.78 is 6.71. The second kappa shape index (κ2) is 5.74. The first-order chi connectivity index (χ1) is 11.0. The smallest absolute Gasteiger partial charge is 0.331 e. The van der Waals surface area contributed by atoms with Crippen LogP contribution in [0.15, 0.2) is 52.2 Å². The summed E-state index contributed by atoms with van der Waals surface area (Å²) in [7, 11) is 0. The second-order valence-electron chi connectivity index (χ2n) is 5.32. The molecule has 8 nitrogen and oxygen atoms in total. The van der Waals surface area contributed by atoms with Crippen LogP contribution in [0.2, 0.25) is 0 Å². The van der Waals surface area contributed by atoms with Crippen LogP contribution in [0.1, 0.15) is 5.56 Å². The van der Waals surface area contributed by atoms with Gasteiger partial charge in [0.15, 0.2) is 0 Å². The van der Waals surface area contributed by atoms with Gasteiger partial charge in [0.2, 0.25) is 5.72 Å². The van der Waals surface area contributed by atoms with Gasteiger partial charge in [-0.3, -0.25) is 14.3 Å². The van der Waals surface area contributed by atoms with E-state index >= 15 is 0 Å². The van der Waals surface area contributed by atoms with Crippen LogP contribution in [-0.4, -0.2) is 49.8 Å². The fourth-order valence-electron chi connectivity index (χ4n) is 2.88. The number of rotatable bonds is 3. The average Bonchev–Trinajstić information content (AvgIpc) is 2.81. The Morgan fingerprint density at radius 1 is 1.17 bits per heavy atom. The highest BCUT2D eigenvalue weighted by Gasteiger charge is 2.56. The van der Waals surface area contributed by atoms with Crippen LogP contribution in [0, 0.1) is 0 Å². The predicted molar refractivity (Wildman–Crippen MR) is 78.8 cm³/mol. The van der Waals surface area contributed by atoms with E-state index in [1.807, 2.05) is 0 Å². The third-order valence-electron chi connectivity index (χ3n) is 3.99. The maximum atomic E-state index is 12.2. The number of hydrogen-bond donors (Lipinski definition) is 4. The van der Waals surface area contributed by atoms with Crippen molar-refractivity contribution in [2.75, 3.05) is 6.61 Å². The van der Waals surface area contributed by atoms with Crippen molar-refractivity contribution in [3.05, 3.63) is 69.0 Å². The minimum Gasteiger partial charge on any atom is -0.394 e. The van der Waals surface area contributed by atoms with Crippen LogP contribution in [0.5, 0.6) is 0 Å². The van der Waals surface area contributed by atoms with Crippen LogP contribution in [0.25, 0.3) is 0 Å². The van der Waals surface area contributed by atoms with Crippen LogP contribution >= 0.6 is 0 Å². The standard InChI is InChI=1S/C15H16N2O6/c18-8-10-12(20)13(21)15(23-10,9-4-2-1-3-5-9)17-7-6-11(19)16-14(17)22/h1-7,10,12-13,18,20-21H,8H2,(H,16,19,22)/t10-,12-,13-,15-/m1/s1. The van der Waals surface area contributed by atoms with Crippen LogP contribution in [0.4, 0.5) is 0 Å². The first-order valence-corrected chi connectivity index (χ1v) is 7.03. The van der Waals surface area contributed by atoms with Crippen molar-refractivity contribution in [1.29, 1.82) is 0 Å². The van der Waals surface area contributed by atoms with Crippen molar-refractivity contribution < 1.29 is 20.1 Å². The summed E-state index contributed by atoms with van der Waals surface area (Å²) in [4.78, 5) is 25.6. The Morgan fingerprint density at radius 2 is 1.87 bits per heavy atom. The number of aliphatic hydroxyl groups excluding tert-OH is 3. The molecule has 2 heterocycles. The Kier molecular flexibility index (Phi) is 3.90. The number of hydrogen-bond acceptors (Lipinski definition) is 6. The number of aromatic nitrogens is 2. The number of nitrogens with one attached hydrogen (secondary N) is 1. The highest BCUT2D eigenvalue weighted by Crippen LogP contribution is 2.40. The van der Waals surface area contributed by atoms with Crippen LogP contribution in [0.3, 0.4) is 0 Å². The molecule has 4 N–H and O–H groups in total. The monoisotopic (exact) mass is 320 g/mol. The lowest BCUT2D eigenvalue weighted by Crippen LogP contribution is -2.52. The highest BCUT2D eigenvalue weighted by molar-refractivity contribution is 5.27. The zero-order valence-corrected chi connectivity index (χ0v) is 12.0. The molecule has 122 valence electrons. The van der Waals surface area contributed by atoms with Gasteiger partial charge in [-0.25, -0.2) is 4.79 Å². The molecule has 1 fully saturated rings. The zero-order chi connectivity index (χ0) is 16.6. The molecule has 0 amide bonds. The molecule has 2 aromatic rings. The summed E-state index contributed by atoms with van der Waals surface area (Å²) in [5.41, 5.74) is -2.75. The molecule has 1 aliphatic rings. The van der Waals surface area contributed by atoms with E-state index in [1.165, 1.54) is 6.20 Å². The molecule has 0 unspecified atom stereocenters. The van der Waals surface area contributed by atoms with Gasteiger partial charge in [0, 0.05) is 17.8 Å². The molecule has 3 rings (SSSR count). The summed E-state index contributed by atoms with van der Waals surface area (Å²) in [6.07, 6.45) is -2.82. The summed E-state index contributed by atoms with van der Waals surface area (Å²) in [5.74, 6) is 0. The van der Waals surface area contributed by atoms with Crippen molar-refractivity contribution in [1.82, 2.24) is 9.55 Å². The van der Waals surface area contributed by atoms with Crippen molar-refractivity contribution >= 4 is 0 Å². The van der Waals surface area contributed by atoms with Gasteiger partial charge >= 0.3 is 5.69 Å². The fourth-order valence-corrected chi connectivity index (χ4v) is 2.88. The summed E-state index contributed by atoms with van der Waals surface area (Å²) >= 11 is 0. The molecule has 1 aliphatic heterocycles. The van der Waals surface area contributed by atoms with Crippen molar-refractivity contribution in [3.8, 4) is 0 Å². The topological polar surface area (TPSA) is 125 Å². The first-order valence-electron chi connectivity index (χ1n) is 7.03. The molecule has 0 bridgehead atoms. The molecular formula is C15H16N2O6. The van der Waals surface area contributed by atoms with Crippen molar-refractivity contribution in [2.24, 2.45) is 0 Å². The lowest BCUT2D eigenvalue weighted by atomic mass is 9.94. The summed E-state index contributed by atoms with van der Waals surface area (Å²) in [5, 5.41) is 30.1. The maximum absolute atomic E-state index is 12.2. The van der Waals surface area contributed by atoms with Gasteiger partial charge < -0.3 is 20.1 Å². The van der Waals surface area contributed by atoms with Gasteiger partial charge in [-0.05, 0) is 0 Å². The van der Waals surface area contributed by atoms with E-state index < -0.39 is 41.9 Å². The van der Waals surface area contributed by atoms with E-state index in [-0.39, 0.29) is 0 Å². The normalized spacial score (nSPS) is 30.5. The van der Waals surface area contributed by atoms with Gasteiger partial charge in [-0.1, -0.05) is 30.3 Å². The van der Waals surface area contributed by atoms with Crippen molar-refractivity contribution in [2.45, 2.75) is 24.0 Å². The number of nitrogens with zero attached hydrogens (tertiary/aromatic N) is 1. The van der Waals surface area contributed by atoms with E-state index in [4.69, 9.17) is 4.74 Å². The van der Waals surface area contributed by atoms with Crippen molar-refractivity contribution in [3.63, 3.8) is 0 Å². The molecule has 1 aromatic carbocycles. The third-order valence-corrected chi connectivity index (χ3v) is 3.99. The average molecular weight is 320 g/mol. The molecule has 0 spiro atoms. The molecule has 8 heteroatoms. The second-order valence-corrected chi connectivity index (χ2v) is 5.32. The third kappa shape index (κ3) is 2.32. The zero-order valence-electron chi connectivity index (χ0n) is 12.0. The lowest BCUT2D eigenvalue weighted by molar-refractivity contribution is -0.120. The predicted octanol–water partition coefficient (Wildman–Crippen LogP) is -1.65. The quantitative estimate of drug-likeness (QED) is 0.537. The van der Waals surface area contributed by atoms with Gasteiger partial charge in [0.1, 0.15) is 18.3 Å². The summed E-state index contributed by atoms with van der Waals surface area (Å²) in [6, 6.07) is 9.46. The highest BCUT2D eigenvalue weighted by atomic mass is 16.6. The van der Waals surface area contributed by atoms with Gasteiger partial charge in [0.05, 0.1) is 6.61 Å². The van der Waals surface area contributed by atoms with Gasteiger partial charge in [-0.15, -0.1) is 0 Å². The Balaban J connectivity index is 2.28. The van der Waals surface area contributed by atoms with Gasteiger partial charge in [0.25, 0.3) is 5.56 Å². The Morgan fingerprint density at radius 3 is 2.43 bits per heavy atom. The number of benzene rings is 1. The van der Waals surface area contributed by atoms with Crippen LogP contribution < -0.4 is 11.2 Å². The summed E-state index contributed by atoms with van der Waals surface area (Å²) in [6.45, 7) is -0.537. The fraction of sp³-hybridized carbons (Fsp3) is 0.333. The molecule has 0 aliphatic carbocycles. The van der Waals surface area contributed by atoms with E-state index in [9.17, 15) is 24.9 Å². The van der Waals surface area contributed by atoms with E-state index in [0.29, 0.717) is 5.56 Å². The first kappa shape index (κ1) is 15.6. The molecular weight excluding hydrogens is 304 g/mol. The Hall–Kier alpha value is -2.26. The molecule has 4 atom stereocenters. The minimum atomic E-state index is -1.75. The largest absolute Gasteiger partial charge is 0.394 e. The van der Waals surface area contributed by atoms with E-state index in [2.05, 4.69) is 4.98 Å². The SMILES string of the molecule is O=c1ccn([C@]2(c3ccccc3)O[C@H](CO)[C@@H](O)[C@H]2O)c(=O)[nH]1. The maximum Gasteiger partial charge on any atom is 0.331 e.